The Bertz CT molecular complexity index is 377. The molecule has 2 atom stereocenters. The molecule has 1 fully saturated rings. The lowest BCUT2D eigenvalue weighted by atomic mass is 10.0. The summed E-state index contributed by atoms with van der Waals surface area (Å²) in [7, 11) is 0. The Hall–Kier alpha value is -1.06. The number of rotatable bonds is 5. The molecule has 1 saturated heterocycles. The highest BCUT2D eigenvalue weighted by atomic mass is 35.5. The standard InChI is InChI=1S/C15H22N2O.ClH/c1-2-6-14(12-7-4-3-5-8-12)17-15(18)13-9-10-16-11-13;/h3-5,7-8,13-14,16H,2,6,9-11H2,1H3,(H,17,18);1H. The maximum atomic E-state index is 12.2. The molecule has 0 bridgehead atoms. The van der Waals surface area contributed by atoms with Crippen LogP contribution in [0, 0.1) is 5.92 Å². The molecular weight excluding hydrogens is 260 g/mol. The van der Waals surface area contributed by atoms with E-state index in [0.29, 0.717) is 0 Å². The lowest BCUT2D eigenvalue weighted by molar-refractivity contribution is -0.125. The molecule has 1 aromatic rings. The highest BCUT2D eigenvalue weighted by Gasteiger charge is 2.24. The van der Waals surface area contributed by atoms with E-state index in [1.54, 1.807) is 0 Å². The summed E-state index contributed by atoms with van der Waals surface area (Å²) in [4.78, 5) is 12.2. The second kappa shape index (κ2) is 8.18. The number of hydrogen-bond donors (Lipinski definition) is 2. The molecule has 2 rings (SSSR count). The van der Waals surface area contributed by atoms with Crippen molar-refractivity contribution in [2.45, 2.75) is 32.2 Å². The molecule has 0 saturated carbocycles. The Morgan fingerprint density at radius 3 is 2.74 bits per heavy atom. The van der Waals surface area contributed by atoms with Gasteiger partial charge in [0.05, 0.1) is 12.0 Å². The molecule has 0 aromatic heterocycles. The van der Waals surface area contributed by atoms with Crippen LogP contribution in [0.4, 0.5) is 0 Å². The molecule has 1 aromatic carbocycles. The van der Waals surface area contributed by atoms with Crippen LogP contribution in [-0.4, -0.2) is 19.0 Å². The van der Waals surface area contributed by atoms with Crippen molar-refractivity contribution in [3.05, 3.63) is 35.9 Å². The second-order valence-corrected chi connectivity index (χ2v) is 4.95. The predicted molar refractivity (Wildman–Crippen MR) is 80.5 cm³/mol. The minimum Gasteiger partial charge on any atom is -0.349 e. The minimum absolute atomic E-state index is 0. The maximum absolute atomic E-state index is 12.2. The van der Waals surface area contributed by atoms with E-state index in [1.165, 1.54) is 5.56 Å². The Kier molecular flexibility index (Phi) is 6.89. The third-order valence-corrected chi connectivity index (χ3v) is 3.53. The summed E-state index contributed by atoms with van der Waals surface area (Å²) in [6.45, 7) is 3.93. The van der Waals surface area contributed by atoms with E-state index in [-0.39, 0.29) is 30.3 Å². The highest BCUT2D eigenvalue weighted by Crippen LogP contribution is 2.19. The summed E-state index contributed by atoms with van der Waals surface area (Å²) in [5.74, 6) is 0.343. The van der Waals surface area contributed by atoms with Gasteiger partial charge >= 0.3 is 0 Å². The van der Waals surface area contributed by atoms with Crippen molar-refractivity contribution >= 4 is 18.3 Å². The Balaban J connectivity index is 0.00000180. The van der Waals surface area contributed by atoms with Gasteiger partial charge in [0.25, 0.3) is 0 Å². The first-order valence-corrected chi connectivity index (χ1v) is 6.87. The zero-order valence-electron chi connectivity index (χ0n) is 11.4. The molecule has 19 heavy (non-hydrogen) atoms. The molecule has 0 aliphatic carbocycles. The van der Waals surface area contributed by atoms with Gasteiger partial charge in [0, 0.05) is 6.54 Å². The van der Waals surface area contributed by atoms with Crippen molar-refractivity contribution in [1.82, 2.24) is 10.6 Å². The van der Waals surface area contributed by atoms with E-state index in [2.05, 4.69) is 29.7 Å². The Labute approximate surface area is 121 Å². The van der Waals surface area contributed by atoms with E-state index in [9.17, 15) is 4.79 Å². The fourth-order valence-corrected chi connectivity index (χ4v) is 2.46. The summed E-state index contributed by atoms with van der Waals surface area (Å²) < 4.78 is 0. The van der Waals surface area contributed by atoms with Crippen LogP contribution in [0.15, 0.2) is 30.3 Å². The van der Waals surface area contributed by atoms with Crippen molar-refractivity contribution in [3.8, 4) is 0 Å². The largest absolute Gasteiger partial charge is 0.349 e. The topological polar surface area (TPSA) is 41.1 Å². The van der Waals surface area contributed by atoms with Crippen LogP contribution in [0.25, 0.3) is 0 Å². The molecule has 2 unspecified atom stereocenters. The third kappa shape index (κ3) is 4.51. The summed E-state index contributed by atoms with van der Waals surface area (Å²) in [5.41, 5.74) is 1.21. The van der Waals surface area contributed by atoms with Crippen molar-refractivity contribution in [2.75, 3.05) is 13.1 Å². The first-order chi connectivity index (χ1) is 8.81. The van der Waals surface area contributed by atoms with E-state index in [1.807, 2.05) is 18.2 Å². The molecule has 0 spiro atoms. The molecular formula is C15H23ClN2O. The molecule has 4 heteroatoms. The van der Waals surface area contributed by atoms with Crippen LogP contribution in [0.3, 0.4) is 0 Å². The normalized spacial score (nSPS) is 19.5. The minimum atomic E-state index is 0. The third-order valence-electron chi connectivity index (χ3n) is 3.53. The van der Waals surface area contributed by atoms with Crippen molar-refractivity contribution in [3.63, 3.8) is 0 Å². The number of nitrogens with one attached hydrogen (secondary N) is 2. The fraction of sp³-hybridized carbons (Fsp3) is 0.533. The van der Waals surface area contributed by atoms with Gasteiger partial charge in [-0.15, -0.1) is 12.4 Å². The van der Waals surface area contributed by atoms with Gasteiger partial charge in [0.1, 0.15) is 0 Å². The van der Waals surface area contributed by atoms with Gasteiger partial charge in [0.2, 0.25) is 5.91 Å². The number of halogens is 1. The Morgan fingerprint density at radius 2 is 2.16 bits per heavy atom. The van der Waals surface area contributed by atoms with Crippen LogP contribution in [-0.2, 0) is 4.79 Å². The van der Waals surface area contributed by atoms with Crippen LogP contribution < -0.4 is 10.6 Å². The van der Waals surface area contributed by atoms with Gasteiger partial charge in [-0.3, -0.25) is 4.79 Å². The predicted octanol–water partition coefficient (Wildman–Crippen LogP) is 2.68. The van der Waals surface area contributed by atoms with Crippen LogP contribution in [0.1, 0.15) is 37.8 Å². The summed E-state index contributed by atoms with van der Waals surface area (Å²) in [6, 6.07) is 10.4. The van der Waals surface area contributed by atoms with Crippen LogP contribution in [0.5, 0.6) is 0 Å². The fourth-order valence-electron chi connectivity index (χ4n) is 2.46. The van der Waals surface area contributed by atoms with Crippen molar-refractivity contribution in [2.24, 2.45) is 5.92 Å². The quantitative estimate of drug-likeness (QED) is 0.872. The van der Waals surface area contributed by atoms with Crippen LogP contribution >= 0.6 is 12.4 Å². The average molecular weight is 283 g/mol. The number of amides is 1. The number of benzene rings is 1. The zero-order valence-corrected chi connectivity index (χ0v) is 12.2. The monoisotopic (exact) mass is 282 g/mol. The molecule has 1 heterocycles. The van der Waals surface area contributed by atoms with Gasteiger partial charge in [-0.2, -0.15) is 0 Å². The smallest absolute Gasteiger partial charge is 0.224 e. The molecule has 3 nitrogen and oxygen atoms in total. The maximum Gasteiger partial charge on any atom is 0.224 e. The number of hydrogen-bond acceptors (Lipinski definition) is 2. The molecule has 106 valence electrons. The summed E-state index contributed by atoms with van der Waals surface area (Å²) in [6.07, 6.45) is 3.03. The number of carbonyl (C=O) groups excluding carboxylic acids is 1. The van der Waals surface area contributed by atoms with Gasteiger partial charge < -0.3 is 10.6 Å². The summed E-state index contributed by atoms with van der Waals surface area (Å²) >= 11 is 0. The number of carbonyl (C=O) groups is 1. The van der Waals surface area contributed by atoms with E-state index in [0.717, 1.165) is 32.4 Å². The van der Waals surface area contributed by atoms with Crippen molar-refractivity contribution < 1.29 is 4.79 Å². The Morgan fingerprint density at radius 1 is 1.42 bits per heavy atom. The van der Waals surface area contributed by atoms with Gasteiger partial charge in [-0.25, -0.2) is 0 Å². The van der Waals surface area contributed by atoms with Crippen LogP contribution in [0.2, 0.25) is 0 Å². The SMILES string of the molecule is CCCC(NC(=O)C1CCNC1)c1ccccc1.Cl. The molecule has 0 radical (unpaired) electrons. The first-order valence-electron chi connectivity index (χ1n) is 6.87. The van der Waals surface area contributed by atoms with Gasteiger partial charge in [-0.1, -0.05) is 43.7 Å². The van der Waals surface area contributed by atoms with E-state index in [4.69, 9.17) is 0 Å². The lowest BCUT2D eigenvalue weighted by Crippen LogP contribution is -2.34. The van der Waals surface area contributed by atoms with E-state index < -0.39 is 0 Å². The van der Waals surface area contributed by atoms with Gasteiger partial charge in [-0.05, 0) is 24.9 Å². The average Bonchev–Trinajstić information content (AvgIpc) is 2.93. The van der Waals surface area contributed by atoms with Crippen molar-refractivity contribution in [1.29, 1.82) is 0 Å². The zero-order chi connectivity index (χ0) is 12.8. The molecule has 1 aliphatic heterocycles. The first kappa shape index (κ1) is 16.0. The van der Waals surface area contributed by atoms with Gasteiger partial charge in [0.15, 0.2) is 0 Å². The molecule has 1 amide bonds. The highest BCUT2D eigenvalue weighted by molar-refractivity contribution is 5.85. The molecule has 1 aliphatic rings. The van der Waals surface area contributed by atoms with E-state index >= 15 is 0 Å². The lowest BCUT2D eigenvalue weighted by Gasteiger charge is -2.20. The molecule has 2 N–H and O–H groups in total. The summed E-state index contributed by atoms with van der Waals surface area (Å²) in [5, 5.41) is 6.43. The second-order valence-electron chi connectivity index (χ2n) is 4.95.